The third-order valence-electron chi connectivity index (χ3n) is 4.19. The maximum atomic E-state index is 11.3. The van der Waals surface area contributed by atoms with Crippen molar-refractivity contribution < 1.29 is 9.90 Å². The molecule has 0 saturated carbocycles. The number of carboxylic acid groups (broad SMARTS) is 1. The van der Waals surface area contributed by atoms with E-state index in [-0.39, 0.29) is 0 Å². The number of carboxylic acids is 1. The molecule has 0 bridgehead atoms. The third-order valence-corrected chi connectivity index (χ3v) is 5.38. The molecule has 0 aliphatic carbocycles. The van der Waals surface area contributed by atoms with Crippen LogP contribution in [0.2, 0.25) is 0 Å². The molecular formula is C14H17N3O2S. The Bertz CT molecular complexity index is 672. The minimum Gasteiger partial charge on any atom is -0.477 e. The van der Waals surface area contributed by atoms with Crippen molar-refractivity contribution >= 4 is 33.3 Å². The van der Waals surface area contributed by atoms with Crippen LogP contribution in [0.5, 0.6) is 0 Å². The molecule has 0 radical (unpaired) electrons. The first-order chi connectivity index (χ1) is 9.49. The van der Waals surface area contributed by atoms with E-state index in [9.17, 15) is 9.90 Å². The van der Waals surface area contributed by atoms with E-state index >= 15 is 0 Å². The highest BCUT2D eigenvalue weighted by molar-refractivity contribution is 7.20. The highest BCUT2D eigenvalue weighted by Gasteiger charge is 2.29. The molecule has 20 heavy (non-hydrogen) atoms. The number of thiophene rings is 1. The number of aryl methyl sites for hydroxylation is 1. The van der Waals surface area contributed by atoms with Crippen molar-refractivity contribution in [3.05, 3.63) is 16.8 Å². The van der Waals surface area contributed by atoms with Crippen molar-refractivity contribution in [3.8, 4) is 0 Å². The van der Waals surface area contributed by atoms with Crippen LogP contribution in [-0.4, -0.2) is 34.1 Å². The molecule has 2 aromatic rings. The lowest BCUT2D eigenvalue weighted by molar-refractivity contribution is 0.0701. The fraction of sp³-hybridized carbons (Fsp3) is 0.500. The Morgan fingerprint density at radius 3 is 2.60 bits per heavy atom. The van der Waals surface area contributed by atoms with E-state index in [0.717, 1.165) is 34.7 Å². The summed E-state index contributed by atoms with van der Waals surface area (Å²) in [5.41, 5.74) is 0.778. The van der Waals surface area contributed by atoms with Crippen molar-refractivity contribution in [2.45, 2.75) is 20.8 Å². The van der Waals surface area contributed by atoms with Crippen LogP contribution in [0, 0.1) is 18.8 Å². The van der Waals surface area contributed by atoms with E-state index in [1.807, 2.05) is 6.92 Å². The second-order valence-corrected chi connectivity index (χ2v) is 6.60. The summed E-state index contributed by atoms with van der Waals surface area (Å²) >= 11 is 1.23. The van der Waals surface area contributed by atoms with E-state index in [1.54, 1.807) is 0 Å². The van der Waals surface area contributed by atoms with Crippen LogP contribution in [0.15, 0.2) is 6.33 Å². The zero-order valence-corrected chi connectivity index (χ0v) is 12.6. The minimum absolute atomic E-state index is 0.363. The minimum atomic E-state index is -0.889. The Labute approximate surface area is 121 Å². The van der Waals surface area contributed by atoms with Crippen molar-refractivity contribution in [1.29, 1.82) is 0 Å². The van der Waals surface area contributed by atoms with Crippen molar-refractivity contribution in [2.24, 2.45) is 11.8 Å². The molecule has 5 nitrogen and oxygen atoms in total. The van der Waals surface area contributed by atoms with Crippen LogP contribution in [0.4, 0.5) is 5.82 Å². The number of fused-ring (bicyclic) bond motifs is 1. The summed E-state index contributed by atoms with van der Waals surface area (Å²) < 4.78 is 0. The van der Waals surface area contributed by atoms with Gasteiger partial charge in [-0.25, -0.2) is 14.8 Å². The number of hydrogen-bond donors (Lipinski definition) is 1. The van der Waals surface area contributed by atoms with E-state index < -0.39 is 5.97 Å². The van der Waals surface area contributed by atoms with Gasteiger partial charge in [0.05, 0.1) is 5.39 Å². The summed E-state index contributed by atoms with van der Waals surface area (Å²) in [6.45, 7) is 8.26. The van der Waals surface area contributed by atoms with Gasteiger partial charge in [-0.15, -0.1) is 11.3 Å². The average molecular weight is 291 g/mol. The zero-order chi connectivity index (χ0) is 14.4. The highest BCUT2D eigenvalue weighted by Crippen LogP contribution is 2.37. The first-order valence-electron chi connectivity index (χ1n) is 6.71. The molecule has 1 saturated heterocycles. The topological polar surface area (TPSA) is 66.3 Å². The van der Waals surface area contributed by atoms with Crippen LogP contribution < -0.4 is 4.90 Å². The van der Waals surface area contributed by atoms with E-state index in [2.05, 4.69) is 28.7 Å². The summed E-state index contributed by atoms with van der Waals surface area (Å²) in [6.07, 6.45) is 1.53. The van der Waals surface area contributed by atoms with Gasteiger partial charge in [0.1, 0.15) is 21.9 Å². The van der Waals surface area contributed by atoms with E-state index in [4.69, 9.17) is 0 Å². The van der Waals surface area contributed by atoms with Gasteiger partial charge in [0.25, 0.3) is 0 Å². The van der Waals surface area contributed by atoms with Gasteiger partial charge in [-0.3, -0.25) is 0 Å². The van der Waals surface area contributed by atoms with Gasteiger partial charge in [-0.05, 0) is 24.3 Å². The number of hydrogen-bond acceptors (Lipinski definition) is 5. The molecule has 3 rings (SSSR count). The van der Waals surface area contributed by atoms with Gasteiger partial charge in [-0.2, -0.15) is 0 Å². The lowest BCUT2D eigenvalue weighted by atomic mass is 10.0. The molecule has 6 heteroatoms. The number of aromatic nitrogens is 2. The molecule has 1 aliphatic heterocycles. The molecule has 3 heterocycles. The smallest absolute Gasteiger partial charge is 0.346 e. The number of carbonyl (C=O) groups is 1. The predicted octanol–water partition coefficient (Wildman–Crippen LogP) is 2.79. The molecule has 0 aromatic carbocycles. The lowest BCUT2D eigenvalue weighted by Gasteiger charge is -2.18. The van der Waals surface area contributed by atoms with Crippen LogP contribution in [-0.2, 0) is 0 Å². The van der Waals surface area contributed by atoms with Crippen LogP contribution in [0.3, 0.4) is 0 Å². The molecule has 2 aromatic heterocycles. The Hall–Kier alpha value is -1.69. The van der Waals surface area contributed by atoms with E-state index in [0.29, 0.717) is 16.7 Å². The van der Waals surface area contributed by atoms with Crippen LogP contribution >= 0.6 is 11.3 Å². The summed E-state index contributed by atoms with van der Waals surface area (Å²) in [7, 11) is 0. The SMILES string of the molecule is Cc1c(C(=O)O)sc2ncnc(N3CC(C)C(C)C3)c12. The first-order valence-corrected chi connectivity index (χ1v) is 7.53. The fourth-order valence-corrected chi connectivity index (χ4v) is 3.78. The molecule has 1 aliphatic rings. The molecular weight excluding hydrogens is 274 g/mol. The second-order valence-electron chi connectivity index (χ2n) is 5.60. The molecule has 0 amide bonds. The average Bonchev–Trinajstić information content (AvgIpc) is 2.91. The van der Waals surface area contributed by atoms with E-state index in [1.165, 1.54) is 17.7 Å². The molecule has 2 unspecified atom stereocenters. The molecule has 1 N–H and O–H groups in total. The van der Waals surface area contributed by atoms with Crippen LogP contribution in [0.1, 0.15) is 29.1 Å². The Balaban J connectivity index is 2.14. The highest BCUT2D eigenvalue weighted by atomic mass is 32.1. The number of aromatic carboxylic acids is 1. The van der Waals surface area contributed by atoms with Crippen molar-refractivity contribution in [1.82, 2.24) is 9.97 Å². The summed E-state index contributed by atoms with van der Waals surface area (Å²) in [5, 5.41) is 10.2. The van der Waals surface area contributed by atoms with Crippen LogP contribution in [0.25, 0.3) is 10.2 Å². The third kappa shape index (κ3) is 1.95. The summed E-state index contributed by atoms with van der Waals surface area (Å²) in [5.74, 6) is 1.24. The van der Waals surface area contributed by atoms with Gasteiger partial charge < -0.3 is 10.0 Å². The maximum Gasteiger partial charge on any atom is 0.346 e. The lowest BCUT2D eigenvalue weighted by Crippen LogP contribution is -2.21. The van der Waals surface area contributed by atoms with Gasteiger partial charge in [0.15, 0.2) is 0 Å². The Morgan fingerprint density at radius 2 is 2.00 bits per heavy atom. The number of anilines is 1. The standard InChI is InChI=1S/C14H17N3O2S/c1-7-4-17(5-8(7)2)12-10-9(3)11(14(18)19)20-13(10)16-6-15-12/h6-8H,4-5H2,1-3H3,(H,18,19). The fourth-order valence-electron chi connectivity index (χ4n) is 2.80. The molecule has 106 valence electrons. The van der Waals surface area contributed by atoms with Gasteiger partial charge in [0, 0.05) is 13.1 Å². The first kappa shape index (κ1) is 13.3. The molecule has 1 fully saturated rings. The quantitative estimate of drug-likeness (QED) is 0.921. The summed E-state index contributed by atoms with van der Waals surface area (Å²) in [6, 6.07) is 0. The van der Waals surface area contributed by atoms with Gasteiger partial charge in [0.2, 0.25) is 0 Å². The Morgan fingerprint density at radius 1 is 1.35 bits per heavy atom. The second kappa shape index (κ2) is 4.70. The summed E-state index contributed by atoms with van der Waals surface area (Å²) in [4.78, 5) is 23.3. The predicted molar refractivity (Wildman–Crippen MR) is 79.7 cm³/mol. The van der Waals surface area contributed by atoms with Gasteiger partial charge >= 0.3 is 5.97 Å². The van der Waals surface area contributed by atoms with Crippen molar-refractivity contribution in [3.63, 3.8) is 0 Å². The maximum absolute atomic E-state index is 11.3. The Kier molecular flexibility index (Phi) is 3.12. The number of nitrogens with zero attached hydrogens (tertiary/aromatic N) is 3. The zero-order valence-electron chi connectivity index (χ0n) is 11.8. The van der Waals surface area contributed by atoms with Gasteiger partial charge in [-0.1, -0.05) is 13.8 Å². The van der Waals surface area contributed by atoms with Crippen molar-refractivity contribution in [2.75, 3.05) is 18.0 Å². The number of rotatable bonds is 2. The normalized spacial score (nSPS) is 22.6. The molecule has 2 atom stereocenters. The monoisotopic (exact) mass is 291 g/mol. The largest absolute Gasteiger partial charge is 0.477 e. The molecule has 0 spiro atoms.